The molecule has 0 radical (unpaired) electrons. The van der Waals surface area contributed by atoms with Crippen molar-refractivity contribution in [1.82, 2.24) is 0 Å². The van der Waals surface area contributed by atoms with Crippen molar-refractivity contribution in [3.05, 3.63) is 62.9 Å². The van der Waals surface area contributed by atoms with Crippen LogP contribution in [0.15, 0.2) is 46.9 Å². The molecule has 1 nitrogen and oxygen atoms in total. The first-order valence-electron chi connectivity index (χ1n) is 6.51. The third-order valence-corrected chi connectivity index (χ3v) is 3.65. The van der Waals surface area contributed by atoms with E-state index in [1.807, 2.05) is 30.3 Å². The van der Waals surface area contributed by atoms with Gasteiger partial charge in [0.25, 0.3) is 0 Å². The van der Waals surface area contributed by atoms with E-state index >= 15 is 0 Å². The highest BCUT2D eigenvalue weighted by atomic mass is 79.9. The summed E-state index contributed by atoms with van der Waals surface area (Å²) in [5.41, 5.74) is 2.24. The van der Waals surface area contributed by atoms with Gasteiger partial charge in [-0.05, 0) is 41.6 Å². The summed E-state index contributed by atoms with van der Waals surface area (Å²) < 4.78 is 1.06. The number of terminal acetylenes is 1. The van der Waals surface area contributed by atoms with E-state index in [2.05, 4.69) is 52.3 Å². The smallest absolute Gasteiger partial charge is 0.0425 e. The Morgan fingerprint density at radius 3 is 2.60 bits per heavy atom. The number of halogens is 1. The van der Waals surface area contributed by atoms with Crippen molar-refractivity contribution in [3.8, 4) is 12.3 Å². The fraction of sp³-hybridized carbons (Fsp3) is 0.111. The topological polar surface area (TPSA) is 12.0 Å². The van der Waals surface area contributed by atoms with Gasteiger partial charge in [-0.3, -0.25) is 0 Å². The van der Waals surface area contributed by atoms with Gasteiger partial charge in [0.1, 0.15) is 0 Å². The van der Waals surface area contributed by atoms with Crippen LogP contribution in [0.5, 0.6) is 0 Å². The molecule has 0 aliphatic carbocycles. The van der Waals surface area contributed by atoms with E-state index in [1.165, 1.54) is 0 Å². The number of hydrogen-bond donors (Lipinski definition) is 1. The highest BCUT2D eigenvalue weighted by Crippen LogP contribution is 2.25. The molecule has 0 heterocycles. The first-order valence-corrected chi connectivity index (χ1v) is 7.31. The maximum Gasteiger partial charge on any atom is 0.0425 e. The maximum atomic E-state index is 5.39. The summed E-state index contributed by atoms with van der Waals surface area (Å²) in [4.78, 5) is 0. The molecule has 2 aromatic rings. The van der Waals surface area contributed by atoms with Crippen molar-refractivity contribution in [1.29, 1.82) is 0 Å². The molecule has 0 fully saturated rings. The van der Waals surface area contributed by atoms with Crippen LogP contribution in [0.25, 0.3) is 12.2 Å². The molecule has 2 rings (SSSR count). The Bertz CT molecular complexity index is 754. The first-order chi connectivity index (χ1) is 9.76. The second-order valence-electron chi connectivity index (χ2n) is 4.32. The van der Waals surface area contributed by atoms with E-state index in [1.54, 1.807) is 6.08 Å². The van der Waals surface area contributed by atoms with Gasteiger partial charge in [0.2, 0.25) is 0 Å². The maximum absolute atomic E-state index is 5.39. The van der Waals surface area contributed by atoms with E-state index in [0.717, 1.165) is 32.7 Å². The highest BCUT2D eigenvalue weighted by molar-refractivity contribution is 9.10. The van der Waals surface area contributed by atoms with Crippen LogP contribution in [0.2, 0.25) is 0 Å². The summed E-state index contributed by atoms with van der Waals surface area (Å²) in [6, 6.07) is 14.2. The average Bonchev–Trinajstić information content (AvgIpc) is 2.45. The molecule has 0 saturated heterocycles. The zero-order valence-corrected chi connectivity index (χ0v) is 12.9. The van der Waals surface area contributed by atoms with Gasteiger partial charge in [0, 0.05) is 22.3 Å². The molecule has 0 spiro atoms. The first kappa shape index (κ1) is 14.4. The van der Waals surface area contributed by atoms with Gasteiger partial charge in [-0.25, -0.2) is 0 Å². The van der Waals surface area contributed by atoms with Gasteiger partial charge < -0.3 is 5.32 Å². The molecule has 0 atom stereocenters. The molecule has 0 aromatic heterocycles. The van der Waals surface area contributed by atoms with Crippen molar-refractivity contribution in [2.75, 3.05) is 11.9 Å². The quantitative estimate of drug-likeness (QED) is 0.855. The van der Waals surface area contributed by atoms with Gasteiger partial charge in [-0.2, -0.15) is 0 Å². The standard InChI is InChI=1S/C18H16BrN/c1-3-8-14-9-5-6-10-15(14)13-16-17(19)11-7-12-18(16)20-4-2/h1,5-13,20H,4H2,2H3/b14-8-,15-13+. The van der Waals surface area contributed by atoms with E-state index in [0.29, 0.717) is 0 Å². The molecule has 0 amide bonds. The van der Waals surface area contributed by atoms with Crippen molar-refractivity contribution in [2.24, 2.45) is 0 Å². The summed E-state index contributed by atoms with van der Waals surface area (Å²) in [7, 11) is 0. The summed E-state index contributed by atoms with van der Waals surface area (Å²) in [5.74, 6) is 2.59. The minimum Gasteiger partial charge on any atom is -0.385 e. The molecular formula is C18H16BrN. The normalized spacial score (nSPS) is 12.2. The zero-order chi connectivity index (χ0) is 14.4. The fourth-order valence-corrected chi connectivity index (χ4v) is 2.53. The number of nitrogens with one attached hydrogen (secondary N) is 1. The lowest BCUT2D eigenvalue weighted by molar-refractivity contribution is 1.21. The Morgan fingerprint density at radius 2 is 1.90 bits per heavy atom. The van der Waals surface area contributed by atoms with E-state index in [-0.39, 0.29) is 0 Å². The van der Waals surface area contributed by atoms with E-state index in [9.17, 15) is 0 Å². The van der Waals surface area contributed by atoms with Crippen molar-refractivity contribution in [2.45, 2.75) is 6.92 Å². The second-order valence-corrected chi connectivity index (χ2v) is 5.17. The van der Waals surface area contributed by atoms with Crippen molar-refractivity contribution < 1.29 is 0 Å². The van der Waals surface area contributed by atoms with Gasteiger partial charge in [0.15, 0.2) is 0 Å². The minimum atomic E-state index is 0.884. The Hall–Kier alpha value is -1.98. The van der Waals surface area contributed by atoms with E-state index in [4.69, 9.17) is 6.42 Å². The molecule has 2 heteroatoms. The predicted octanol–water partition coefficient (Wildman–Crippen LogP) is 3.12. The molecule has 0 unspecified atom stereocenters. The van der Waals surface area contributed by atoms with Crippen LogP contribution in [0.4, 0.5) is 5.69 Å². The minimum absolute atomic E-state index is 0.884. The van der Waals surface area contributed by atoms with Crippen LogP contribution in [0, 0.1) is 12.3 Å². The highest BCUT2D eigenvalue weighted by Gasteiger charge is 2.02. The average molecular weight is 326 g/mol. The van der Waals surface area contributed by atoms with Gasteiger partial charge >= 0.3 is 0 Å². The molecular weight excluding hydrogens is 310 g/mol. The summed E-state index contributed by atoms with van der Waals surface area (Å²) in [6.07, 6.45) is 9.32. The molecule has 0 aliphatic heterocycles. The lowest BCUT2D eigenvalue weighted by Crippen LogP contribution is -2.23. The largest absolute Gasteiger partial charge is 0.385 e. The zero-order valence-electron chi connectivity index (χ0n) is 11.4. The van der Waals surface area contributed by atoms with Crippen LogP contribution in [-0.2, 0) is 0 Å². The molecule has 20 heavy (non-hydrogen) atoms. The third-order valence-electron chi connectivity index (χ3n) is 2.95. The van der Waals surface area contributed by atoms with Gasteiger partial charge in [0.05, 0.1) is 0 Å². The fourth-order valence-electron chi connectivity index (χ4n) is 2.05. The van der Waals surface area contributed by atoms with Crippen LogP contribution in [0.1, 0.15) is 12.5 Å². The summed E-state index contributed by atoms with van der Waals surface area (Å²) in [6.45, 7) is 2.97. The summed E-state index contributed by atoms with van der Waals surface area (Å²) in [5, 5.41) is 5.53. The van der Waals surface area contributed by atoms with E-state index < -0.39 is 0 Å². The summed E-state index contributed by atoms with van der Waals surface area (Å²) >= 11 is 3.62. The third kappa shape index (κ3) is 3.31. The lowest BCUT2D eigenvalue weighted by atomic mass is 10.1. The molecule has 1 N–H and O–H groups in total. The molecule has 0 saturated carbocycles. The lowest BCUT2D eigenvalue weighted by Gasteiger charge is -2.09. The number of rotatable bonds is 3. The van der Waals surface area contributed by atoms with Crippen molar-refractivity contribution in [3.63, 3.8) is 0 Å². The Labute approximate surface area is 128 Å². The van der Waals surface area contributed by atoms with Crippen molar-refractivity contribution >= 4 is 33.8 Å². The molecule has 0 aliphatic rings. The molecule has 100 valence electrons. The Morgan fingerprint density at radius 1 is 1.15 bits per heavy atom. The second kappa shape index (κ2) is 6.98. The van der Waals surface area contributed by atoms with Crippen LogP contribution >= 0.6 is 15.9 Å². The molecule has 0 bridgehead atoms. The van der Waals surface area contributed by atoms with Crippen LogP contribution < -0.4 is 15.8 Å². The van der Waals surface area contributed by atoms with Gasteiger partial charge in [-0.15, -0.1) is 6.42 Å². The Balaban J connectivity index is 2.69. The SMILES string of the molecule is C#C/C=c1/cccc/c1=C\c1c(Br)cccc1NCC. The van der Waals surface area contributed by atoms with Crippen LogP contribution in [0.3, 0.4) is 0 Å². The van der Waals surface area contributed by atoms with Gasteiger partial charge in [-0.1, -0.05) is 52.2 Å². The number of benzene rings is 2. The number of anilines is 1. The van der Waals surface area contributed by atoms with Crippen LogP contribution in [-0.4, -0.2) is 6.54 Å². The molecule has 2 aromatic carbocycles. The number of hydrogen-bond acceptors (Lipinski definition) is 1. The monoisotopic (exact) mass is 325 g/mol. The Kier molecular flexibility index (Phi) is 5.03. The predicted molar refractivity (Wildman–Crippen MR) is 90.9 cm³/mol.